The fourth-order valence-corrected chi connectivity index (χ4v) is 3.75. The van der Waals surface area contributed by atoms with Crippen molar-refractivity contribution < 1.29 is 19.0 Å². The molecule has 0 saturated carbocycles. The number of nitrogens with zero attached hydrogens (tertiary/aromatic N) is 3. The number of carbonyl (C=O) groups is 1. The van der Waals surface area contributed by atoms with Gasteiger partial charge in [-0.3, -0.25) is 5.41 Å². The van der Waals surface area contributed by atoms with Crippen molar-refractivity contribution in [3.8, 4) is 11.5 Å². The number of rotatable bonds is 8. The van der Waals surface area contributed by atoms with Gasteiger partial charge in [-0.2, -0.15) is 0 Å². The first-order valence-electron chi connectivity index (χ1n) is 11.8. The molecule has 1 aliphatic rings. The van der Waals surface area contributed by atoms with E-state index in [0.29, 0.717) is 55.6 Å². The molecule has 0 aliphatic carbocycles. The van der Waals surface area contributed by atoms with Crippen molar-refractivity contribution in [3.05, 3.63) is 72.1 Å². The standard InChI is InChI=1S/C26H30N6O4/c1-2-13-35-26(33)32-12-14-34-16-19(15-32)31-25-22(24(28)29-17-30-25)23(27)18-8-10-21(11-9-18)36-20-6-4-3-5-7-20/h3-11,17,19,27H,2,12-16H2,1H3,(H3,28,29,30,31). The maximum atomic E-state index is 12.4. The van der Waals surface area contributed by atoms with Crippen LogP contribution in [-0.2, 0) is 9.47 Å². The van der Waals surface area contributed by atoms with Gasteiger partial charge in [-0.25, -0.2) is 14.8 Å². The molecule has 3 aromatic rings. The molecule has 10 nitrogen and oxygen atoms in total. The molecule has 1 atom stereocenters. The zero-order valence-electron chi connectivity index (χ0n) is 20.1. The van der Waals surface area contributed by atoms with Crippen LogP contribution in [-0.4, -0.2) is 65.6 Å². The zero-order valence-corrected chi connectivity index (χ0v) is 20.1. The van der Waals surface area contributed by atoms with E-state index in [-0.39, 0.29) is 23.7 Å². The Labute approximate surface area is 209 Å². The van der Waals surface area contributed by atoms with E-state index >= 15 is 0 Å². The van der Waals surface area contributed by atoms with Gasteiger partial charge in [-0.05, 0) is 42.8 Å². The van der Waals surface area contributed by atoms with Crippen LogP contribution in [0.1, 0.15) is 24.5 Å². The zero-order chi connectivity index (χ0) is 25.3. The third-order valence-electron chi connectivity index (χ3n) is 5.54. The van der Waals surface area contributed by atoms with Gasteiger partial charge in [0.05, 0.1) is 37.1 Å². The molecule has 1 amide bonds. The summed E-state index contributed by atoms with van der Waals surface area (Å²) in [5, 5.41) is 12.1. The lowest BCUT2D eigenvalue weighted by molar-refractivity contribution is 0.0971. The first-order valence-corrected chi connectivity index (χ1v) is 11.8. The van der Waals surface area contributed by atoms with Crippen molar-refractivity contribution in [2.24, 2.45) is 0 Å². The molecule has 0 bridgehead atoms. The van der Waals surface area contributed by atoms with Gasteiger partial charge in [0.15, 0.2) is 0 Å². The Balaban J connectivity index is 1.50. The minimum Gasteiger partial charge on any atom is -0.457 e. The quantitative estimate of drug-likeness (QED) is 0.404. The molecule has 1 aromatic heterocycles. The minimum absolute atomic E-state index is 0.163. The van der Waals surface area contributed by atoms with E-state index in [4.69, 9.17) is 25.4 Å². The predicted molar refractivity (Wildman–Crippen MR) is 137 cm³/mol. The second-order valence-electron chi connectivity index (χ2n) is 8.27. The predicted octanol–water partition coefficient (Wildman–Crippen LogP) is 3.93. The molecule has 1 unspecified atom stereocenters. The number of hydrogen-bond acceptors (Lipinski definition) is 9. The molecule has 10 heteroatoms. The van der Waals surface area contributed by atoms with E-state index in [2.05, 4.69) is 15.3 Å². The number of ether oxygens (including phenoxy) is 3. The van der Waals surface area contributed by atoms with Gasteiger partial charge in [0, 0.05) is 18.7 Å². The van der Waals surface area contributed by atoms with Crippen molar-refractivity contribution >= 4 is 23.4 Å². The Morgan fingerprint density at radius 1 is 1.17 bits per heavy atom. The summed E-state index contributed by atoms with van der Waals surface area (Å²) < 4.78 is 16.8. The number of benzene rings is 2. The highest BCUT2D eigenvalue weighted by Crippen LogP contribution is 2.26. The summed E-state index contributed by atoms with van der Waals surface area (Å²) >= 11 is 0. The van der Waals surface area contributed by atoms with E-state index in [1.54, 1.807) is 29.2 Å². The van der Waals surface area contributed by atoms with Gasteiger partial charge in [0.2, 0.25) is 0 Å². The highest BCUT2D eigenvalue weighted by molar-refractivity contribution is 6.16. The van der Waals surface area contributed by atoms with Gasteiger partial charge >= 0.3 is 6.09 Å². The maximum absolute atomic E-state index is 12.4. The van der Waals surface area contributed by atoms with Crippen LogP contribution >= 0.6 is 0 Å². The van der Waals surface area contributed by atoms with E-state index in [0.717, 1.165) is 12.2 Å². The number of carbonyl (C=O) groups excluding carboxylic acids is 1. The highest BCUT2D eigenvalue weighted by Gasteiger charge is 2.25. The van der Waals surface area contributed by atoms with Crippen molar-refractivity contribution in [2.75, 3.05) is 44.0 Å². The monoisotopic (exact) mass is 490 g/mol. The molecule has 1 fully saturated rings. The van der Waals surface area contributed by atoms with Crippen LogP contribution in [0.2, 0.25) is 0 Å². The highest BCUT2D eigenvalue weighted by atomic mass is 16.6. The van der Waals surface area contributed by atoms with E-state index < -0.39 is 0 Å². The number of nitrogens with one attached hydrogen (secondary N) is 2. The van der Waals surface area contributed by atoms with Gasteiger partial charge in [0.1, 0.15) is 29.5 Å². The van der Waals surface area contributed by atoms with Crippen molar-refractivity contribution in [1.29, 1.82) is 5.41 Å². The number of nitrogen functional groups attached to an aromatic ring is 1. The van der Waals surface area contributed by atoms with Gasteiger partial charge in [0.25, 0.3) is 0 Å². The van der Waals surface area contributed by atoms with E-state index in [1.165, 1.54) is 6.33 Å². The van der Waals surface area contributed by atoms with E-state index in [9.17, 15) is 4.79 Å². The molecule has 4 N–H and O–H groups in total. The van der Waals surface area contributed by atoms with Crippen LogP contribution < -0.4 is 15.8 Å². The second kappa shape index (κ2) is 12.0. The molecule has 4 rings (SSSR count). The first kappa shape index (κ1) is 24.9. The molecule has 2 heterocycles. The van der Waals surface area contributed by atoms with Gasteiger partial charge < -0.3 is 30.2 Å². The number of anilines is 2. The molecule has 36 heavy (non-hydrogen) atoms. The molecular weight excluding hydrogens is 460 g/mol. The van der Waals surface area contributed by atoms with Crippen LogP contribution in [0.15, 0.2) is 60.9 Å². The number of amides is 1. The van der Waals surface area contributed by atoms with Crippen LogP contribution in [0, 0.1) is 5.41 Å². The largest absolute Gasteiger partial charge is 0.457 e. The normalized spacial score (nSPS) is 15.6. The Morgan fingerprint density at radius 2 is 1.92 bits per heavy atom. The Hall–Kier alpha value is -4.18. The van der Waals surface area contributed by atoms with Gasteiger partial charge in [-0.15, -0.1) is 0 Å². The molecule has 1 aliphatic heterocycles. The summed E-state index contributed by atoms with van der Waals surface area (Å²) in [5.41, 5.74) is 7.35. The maximum Gasteiger partial charge on any atom is 0.409 e. The molecule has 1 saturated heterocycles. The summed E-state index contributed by atoms with van der Waals surface area (Å²) in [6.07, 6.45) is 1.72. The fourth-order valence-electron chi connectivity index (χ4n) is 3.75. The Bertz CT molecular complexity index is 1170. The molecular formula is C26H30N6O4. The van der Waals surface area contributed by atoms with Crippen molar-refractivity contribution in [1.82, 2.24) is 14.9 Å². The van der Waals surface area contributed by atoms with Crippen molar-refractivity contribution in [3.63, 3.8) is 0 Å². The van der Waals surface area contributed by atoms with Crippen LogP contribution in [0.3, 0.4) is 0 Å². The summed E-state index contributed by atoms with van der Waals surface area (Å²) in [4.78, 5) is 22.4. The summed E-state index contributed by atoms with van der Waals surface area (Å²) in [7, 11) is 0. The minimum atomic E-state index is -0.373. The first-order chi connectivity index (χ1) is 17.5. The lowest BCUT2D eigenvalue weighted by atomic mass is 10.0. The molecule has 188 valence electrons. The Morgan fingerprint density at radius 3 is 2.67 bits per heavy atom. The molecule has 0 spiro atoms. The third kappa shape index (κ3) is 6.28. The smallest absolute Gasteiger partial charge is 0.409 e. The van der Waals surface area contributed by atoms with Crippen LogP contribution in [0.25, 0.3) is 0 Å². The Kier molecular flexibility index (Phi) is 8.30. The summed E-state index contributed by atoms with van der Waals surface area (Å²) in [6, 6.07) is 16.4. The lowest BCUT2D eigenvalue weighted by Crippen LogP contribution is -2.41. The number of nitrogens with two attached hydrogens (primary N) is 1. The topological polar surface area (TPSA) is 136 Å². The van der Waals surface area contributed by atoms with E-state index in [1.807, 2.05) is 37.3 Å². The summed E-state index contributed by atoms with van der Waals surface area (Å²) in [6.45, 7) is 3.89. The fraction of sp³-hybridized carbons (Fsp3) is 0.308. The third-order valence-corrected chi connectivity index (χ3v) is 5.54. The average Bonchev–Trinajstić information content (AvgIpc) is 3.14. The van der Waals surface area contributed by atoms with Gasteiger partial charge in [-0.1, -0.05) is 25.1 Å². The van der Waals surface area contributed by atoms with Crippen LogP contribution in [0.5, 0.6) is 11.5 Å². The molecule has 2 aromatic carbocycles. The second-order valence-corrected chi connectivity index (χ2v) is 8.27. The summed E-state index contributed by atoms with van der Waals surface area (Å²) in [5.74, 6) is 1.95. The SMILES string of the molecule is CCCOC(=O)N1CCOCC(Nc2ncnc(N)c2C(=N)c2ccc(Oc3ccccc3)cc2)C1. The average molecular weight is 491 g/mol. The number of hydrogen-bond donors (Lipinski definition) is 3. The lowest BCUT2D eigenvalue weighted by Gasteiger charge is -2.25. The molecule has 0 radical (unpaired) electrons. The van der Waals surface area contributed by atoms with Crippen LogP contribution in [0.4, 0.5) is 16.4 Å². The number of para-hydroxylation sites is 1. The number of aromatic nitrogens is 2. The van der Waals surface area contributed by atoms with Crippen molar-refractivity contribution in [2.45, 2.75) is 19.4 Å².